The summed E-state index contributed by atoms with van der Waals surface area (Å²) < 4.78 is 0. The van der Waals surface area contributed by atoms with E-state index in [9.17, 15) is 4.79 Å². The molecule has 0 aliphatic rings. The number of hydrogen-bond donors (Lipinski definition) is 1. The monoisotopic (exact) mass is 264 g/mol. The molecule has 0 spiro atoms. The molecular formula is C14H24N4O. The molecule has 1 aromatic heterocycles. The average Bonchev–Trinajstić information content (AvgIpc) is 2.32. The fraction of sp³-hybridized carbons (Fsp3) is 0.571. The summed E-state index contributed by atoms with van der Waals surface area (Å²) in [6.45, 7) is 5.63. The van der Waals surface area contributed by atoms with Gasteiger partial charge in [-0.3, -0.25) is 9.78 Å². The van der Waals surface area contributed by atoms with Crippen LogP contribution in [0, 0.1) is 0 Å². The molecule has 1 unspecified atom stereocenters. The number of carbonyl (C=O) groups is 1. The molecule has 0 saturated carbocycles. The molecule has 0 radical (unpaired) electrons. The van der Waals surface area contributed by atoms with E-state index in [-0.39, 0.29) is 11.9 Å². The van der Waals surface area contributed by atoms with E-state index in [4.69, 9.17) is 5.73 Å². The van der Waals surface area contributed by atoms with Gasteiger partial charge in [-0.25, -0.2) is 0 Å². The fourth-order valence-electron chi connectivity index (χ4n) is 2.16. The molecule has 5 heteroatoms. The first kappa shape index (κ1) is 15.4. The molecule has 106 valence electrons. The molecule has 2 N–H and O–H groups in total. The van der Waals surface area contributed by atoms with Gasteiger partial charge in [0.1, 0.15) is 0 Å². The summed E-state index contributed by atoms with van der Waals surface area (Å²) in [7, 11) is 4.02. The van der Waals surface area contributed by atoms with Crippen molar-refractivity contribution in [2.24, 2.45) is 0 Å². The lowest BCUT2D eigenvalue weighted by Gasteiger charge is -2.30. The maximum atomic E-state index is 12.3. The van der Waals surface area contributed by atoms with Gasteiger partial charge < -0.3 is 15.5 Å². The van der Waals surface area contributed by atoms with Crippen LogP contribution in [0.4, 0.5) is 5.69 Å². The van der Waals surface area contributed by atoms with Crippen molar-refractivity contribution in [1.29, 1.82) is 0 Å². The molecule has 0 aliphatic carbocycles. The van der Waals surface area contributed by atoms with Gasteiger partial charge in [-0.05, 0) is 40.1 Å². The van der Waals surface area contributed by atoms with Crippen LogP contribution in [0.15, 0.2) is 18.3 Å². The van der Waals surface area contributed by atoms with Crippen LogP contribution in [0.25, 0.3) is 0 Å². The Hall–Kier alpha value is -1.62. The van der Waals surface area contributed by atoms with Crippen molar-refractivity contribution in [2.45, 2.75) is 26.3 Å². The van der Waals surface area contributed by atoms with Crippen LogP contribution in [0.5, 0.6) is 0 Å². The Kier molecular flexibility index (Phi) is 5.76. The summed E-state index contributed by atoms with van der Waals surface area (Å²) in [5, 5.41) is 0. The van der Waals surface area contributed by atoms with Gasteiger partial charge >= 0.3 is 0 Å². The van der Waals surface area contributed by atoms with Crippen molar-refractivity contribution in [2.75, 3.05) is 32.9 Å². The van der Waals surface area contributed by atoms with Crippen LogP contribution >= 0.6 is 0 Å². The van der Waals surface area contributed by atoms with Crippen LogP contribution in [-0.4, -0.2) is 53.9 Å². The number of likely N-dealkylation sites (N-methyl/N-ethyl adjacent to an activating group) is 2. The Balaban J connectivity index is 2.65. The number of hydrogen-bond acceptors (Lipinski definition) is 4. The second kappa shape index (κ2) is 7.09. The summed E-state index contributed by atoms with van der Waals surface area (Å²) in [5.74, 6) is 0.106. The lowest BCUT2D eigenvalue weighted by atomic mass is 10.2. The van der Waals surface area contributed by atoms with Gasteiger partial charge in [0.25, 0.3) is 0 Å². The first-order chi connectivity index (χ1) is 8.93. The predicted octanol–water partition coefficient (Wildman–Crippen LogP) is 1.00. The molecule has 1 amide bonds. The van der Waals surface area contributed by atoms with E-state index in [1.165, 1.54) is 0 Å². The van der Waals surface area contributed by atoms with E-state index in [0.29, 0.717) is 18.7 Å². The SMILES string of the molecule is CCN(C(=O)Cc1ccc(N)cn1)C(C)CN(C)C. The minimum atomic E-state index is 0.106. The van der Waals surface area contributed by atoms with Gasteiger partial charge in [0, 0.05) is 24.8 Å². The Morgan fingerprint density at radius 1 is 1.42 bits per heavy atom. The summed E-state index contributed by atoms with van der Waals surface area (Å²) >= 11 is 0. The number of nitrogen functional groups attached to an aromatic ring is 1. The maximum absolute atomic E-state index is 12.3. The summed E-state index contributed by atoms with van der Waals surface area (Å²) in [5.41, 5.74) is 6.96. The van der Waals surface area contributed by atoms with Crippen LogP contribution in [0.3, 0.4) is 0 Å². The Labute approximate surface area is 115 Å². The Morgan fingerprint density at radius 2 is 2.11 bits per heavy atom. The van der Waals surface area contributed by atoms with Crippen molar-refractivity contribution < 1.29 is 4.79 Å². The first-order valence-electron chi connectivity index (χ1n) is 6.58. The average molecular weight is 264 g/mol. The fourth-order valence-corrected chi connectivity index (χ4v) is 2.16. The molecule has 5 nitrogen and oxygen atoms in total. The van der Waals surface area contributed by atoms with E-state index < -0.39 is 0 Å². The zero-order valence-electron chi connectivity index (χ0n) is 12.3. The lowest BCUT2D eigenvalue weighted by molar-refractivity contribution is -0.132. The number of aromatic nitrogens is 1. The quantitative estimate of drug-likeness (QED) is 0.833. The van der Waals surface area contributed by atoms with Gasteiger partial charge in [0.15, 0.2) is 0 Å². The molecule has 1 heterocycles. The Bertz CT molecular complexity index is 402. The highest BCUT2D eigenvalue weighted by Gasteiger charge is 2.19. The lowest BCUT2D eigenvalue weighted by Crippen LogP contribution is -2.44. The molecule has 0 fully saturated rings. The number of rotatable bonds is 6. The van der Waals surface area contributed by atoms with E-state index in [1.807, 2.05) is 25.9 Å². The number of nitrogens with zero attached hydrogens (tertiary/aromatic N) is 3. The number of nitrogens with two attached hydrogens (primary N) is 1. The molecule has 1 rings (SSSR count). The number of amides is 1. The predicted molar refractivity (Wildman–Crippen MR) is 77.8 cm³/mol. The second-order valence-electron chi connectivity index (χ2n) is 5.05. The van der Waals surface area contributed by atoms with Crippen LogP contribution in [0.2, 0.25) is 0 Å². The van der Waals surface area contributed by atoms with Gasteiger partial charge in [-0.15, -0.1) is 0 Å². The number of carbonyl (C=O) groups excluding carboxylic acids is 1. The van der Waals surface area contributed by atoms with Crippen LogP contribution in [-0.2, 0) is 11.2 Å². The van der Waals surface area contributed by atoms with Gasteiger partial charge in [-0.1, -0.05) is 0 Å². The first-order valence-corrected chi connectivity index (χ1v) is 6.58. The largest absolute Gasteiger partial charge is 0.397 e. The van der Waals surface area contributed by atoms with Crippen molar-refractivity contribution in [3.63, 3.8) is 0 Å². The van der Waals surface area contributed by atoms with Crippen molar-refractivity contribution >= 4 is 11.6 Å². The van der Waals surface area contributed by atoms with Gasteiger partial charge in [0.2, 0.25) is 5.91 Å². The normalized spacial score (nSPS) is 12.5. The highest BCUT2D eigenvalue weighted by Crippen LogP contribution is 2.07. The van der Waals surface area contributed by atoms with E-state index >= 15 is 0 Å². The molecular weight excluding hydrogens is 240 g/mol. The molecule has 0 aromatic carbocycles. The molecule has 0 aliphatic heterocycles. The van der Waals surface area contributed by atoms with Crippen LogP contribution in [0.1, 0.15) is 19.5 Å². The smallest absolute Gasteiger partial charge is 0.228 e. The zero-order valence-corrected chi connectivity index (χ0v) is 12.3. The Morgan fingerprint density at radius 3 is 2.58 bits per heavy atom. The molecule has 0 bridgehead atoms. The third-order valence-electron chi connectivity index (χ3n) is 3.00. The molecule has 0 saturated heterocycles. The van der Waals surface area contributed by atoms with Crippen LogP contribution < -0.4 is 5.73 Å². The third kappa shape index (κ3) is 4.87. The van der Waals surface area contributed by atoms with Gasteiger partial charge in [-0.2, -0.15) is 0 Å². The standard InChI is InChI=1S/C14H24N4O/c1-5-18(11(2)10-17(3)4)14(19)8-13-7-6-12(15)9-16-13/h6-7,9,11H,5,8,10,15H2,1-4H3. The minimum absolute atomic E-state index is 0.106. The second-order valence-corrected chi connectivity index (χ2v) is 5.05. The number of anilines is 1. The van der Waals surface area contributed by atoms with Crippen molar-refractivity contribution in [3.05, 3.63) is 24.0 Å². The highest BCUT2D eigenvalue weighted by atomic mass is 16.2. The zero-order chi connectivity index (χ0) is 14.4. The van der Waals surface area contributed by atoms with Gasteiger partial charge in [0.05, 0.1) is 18.3 Å². The van der Waals surface area contributed by atoms with Crippen molar-refractivity contribution in [3.8, 4) is 0 Å². The topological polar surface area (TPSA) is 62.5 Å². The van der Waals surface area contributed by atoms with E-state index in [0.717, 1.165) is 12.2 Å². The summed E-state index contributed by atoms with van der Waals surface area (Å²) in [6.07, 6.45) is 1.91. The van der Waals surface area contributed by atoms with Crippen molar-refractivity contribution in [1.82, 2.24) is 14.8 Å². The summed E-state index contributed by atoms with van der Waals surface area (Å²) in [6, 6.07) is 3.77. The molecule has 19 heavy (non-hydrogen) atoms. The molecule has 1 aromatic rings. The maximum Gasteiger partial charge on any atom is 0.228 e. The highest BCUT2D eigenvalue weighted by molar-refractivity contribution is 5.78. The molecule has 1 atom stereocenters. The van der Waals surface area contributed by atoms with E-state index in [1.54, 1.807) is 18.3 Å². The number of pyridine rings is 1. The third-order valence-corrected chi connectivity index (χ3v) is 3.00. The minimum Gasteiger partial charge on any atom is -0.397 e. The summed E-state index contributed by atoms with van der Waals surface area (Å²) in [4.78, 5) is 20.4. The van der Waals surface area contributed by atoms with E-state index in [2.05, 4.69) is 16.8 Å².